The molecule has 1 aromatic carbocycles. The lowest BCUT2D eigenvalue weighted by molar-refractivity contribution is 0.448. The van der Waals surface area contributed by atoms with Gasteiger partial charge in [0.05, 0.1) is 22.8 Å². The van der Waals surface area contributed by atoms with E-state index in [0.29, 0.717) is 22.3 Å². The third kappa shape index (κ3) is 3.63. The molecule has 33 heavy (non-hydrogen) atoms. The summed E-state index contributed by atoms with van der Waals surface area (Å²) in [5.41, 5.74) is 6.75. The number of hydrogen-bond donors (Lipinski definition) is 2. The first-order chi connectivity index (χ1) is 16.0. The number of rotatable bonds is 1. The number of H-pyrrole nitrogens is 2. The van der Waals surface area contributed by atoms with Crippen molar-refractivity contribution in [2.45, 2.75) is 0 Å². The minimum Gasteiger partial charge on any atom is -0.355 e. The Hall–Kier alpha value is -4.39. The van der Waals surface area contributed by atoms with Crippen LogP contribution in [0.3, 0.4) is 0 Å². The quantitative estimate of drug-likeness (QED) is 0.278. The first-order valence-electron chi connectivity index (χ1n) is 10.2. The zero-order valence-corrected chi connectivity index (χ0v) is 17.0. The fourth-order valence-electron chi connectivity index (χ4n) is 3.97. The largest absolute Gasteiger partial charge is 0.355 e. The predicted molar refractivity (Wildman–Crippen MR) is 124 cm³/mol. The highest BCUT2D eigenvalue weighted by Gasteiger charge is 2.14. The van der Waals surface area contributed by atoms with Gasteiger partial charge in [0.25, 0.3) is 0 Å². The Bertz CT molecular complexity index is 1630. The van der Waals surface area contributed by atoms with E-state index in [0.717, 1.165) is 40.2 Å². The summed E-state index contributed by atoms with van der Waals surface area (Å²) in [6, 6.07) is 15.1. The van der Waals surface area contributed by atoms with E-state index in [4.69, 9.17) is 0 Å². The van der Waals surface area contributed by atoms with Gasteiger partial charge in [-0.2, -0.15) is 0 Å². The minimum absolute atomic E-state index is 0.216. The van der Waals surface area contributed by atoms with Crippen molar-refractivity contribution in [3.63, 3.8) is 0 Å². The summed E-state index contributed by atoms with van der Waals surface area (Å²) in [6.45, 7) is 0. The number of benzene rings is 1. The van der Waals surface area contributed by atoms with Crippen LogP contribution in [-0.4, -0.2) is 19.9 Å². The zero-order valence-electron chi connectivity index (χ0n) is 17.0. The second-order valence-electron chi connectivity index (χ2n) is 7.84. The highest BCUT2D eigenvalue weighted by Crippen LogP contribution is 2.30. The van der Waals surface area contributed by atoms with E-state index in [1.807, 2.05) is 54.6 Å². The molecule has 0 unspecified atom stereocenters. The molecule has 0 fully saturated rings. The molecule has 4 aromatic rings. The molecule has 0 aliphatic carbocycles. The van der Waals surface area contributed by atoms with Crippen molar-refractivity contribution >= 4 is 46.4 Å². The second-order valence-corrected chi connectivity index (χ2v) is 7.84. The molecule has 8 bridgehead atoms. The lowest BCUT2D eigenvalue weighted by Crippen LogP contribution is -1.91. The smallest absolute Gasteiger partial charge is 0.194 e. The number of hydrogen-bond acceptors (Lipinski definition) is 2. The van der Waals surface area contributed by atoms with Gasteiger partial charge < -0.3 is 9.97 Å². The Kier molecular flexibility index (Phi) is 4.29. The van der Waals surface area contributed by atoms with Gasteiger partial charge in [-0.1, -0.05) is 0 Å². The number of fused-ring (bicyclic) bond motifs is 8. The first kappa shape index (κ1) is 19.3. The normalized spacial score (nSPS) is 12.5. The van der Waals surface area contributed by atoms with Crippen LogP contribution >= 0.6 is 0 Å². The molecule has 5 heterocycles. The van der Waals surface area contributed by atoms with Crippen LogP contribution in [0.25, 0.3) is 57.5 Å². The van der Waals surface area contributed by atoms with E-state index in [-0.39, 0.29) is 5.56 Å². The molecule has 2 N–H and O–H groups in total. The molecule has 4 nitrogen and oxygen atoms in total. The Balaban J connectivity index is 1.67. The molecular weight excluding hydrogens is 425 g/mol. The third-order valence-electron chi connectivity index (χ3n) is 5.46. The topological polar surface area (TPSA) is 57.4 Å². The molecule has 0 amide bonds. The van der Waals surface area contributed by atoms with Crippen LogP contribution in [0.4, 0.5) is 13.2 Å². The highest BCUT2D eigenvalue weighted by atomic mass is 19.2. The molecule has 6 rings (SSSR count). The molecule has 0 radical (unpaired) electrons. The van der Waals surface area contributed by atoms with Crippen molar-refractivity contribution in [3.8, 4) is 11.1 Å². The SMILES string of the molecule is Fc1cc(-c2cc3cc4nc(cc5ccc(cc6nc(cc2[nH]3)C=C6)[nH]5)C=C4)cc(F)c1F. The average molecular weight is 440 g/mol. The number of nitrogens with one attached hydrogen (secondary N) is 2. The summed E-state index contributed by atoms with van der Waals surface area (Å²) in [5, 5.41) is 0. The number of aromatic nitrogens is 4. The van der Waals surface area contributed by atoms with Crippen LogP contribution in [0.2, 0.25) is 0 Å². The van der Waals surface area contributed by atoms with Gasteiger partial charge in [-0.05, 0) is 84.5 Å². The minimum atomic E-state index is -1.49. The Morgan fingerprint density at radius 3 is 1.64 bits per heavy atom. The number of halogens is 3. The fraction of sp³-hybridized carbons (Fsp3) is 0. The second kappa shape index (κ2) is 7.34. The Morgan fingerprint density at radius 2 is 1.06 bits per heavy atom. The fourth-order valence-corrected chi connectivity index (χ4v) is 3.97. The summed E-state index contributed by atoms with van der Waals surface area (Å²) in [7, 11) is 0. The molecule has 0 atom stereocenters. The van der Waals surface area contributed by atoms with Gasteiger partial charge in [0.2, 0.25) is 0 Å². The van der Waals surface area contributed by atoms with E-state index in [1.165, 1.54) is 0 Å². The number of aromatic amines is 2. The van der Waals surface area contributed by atoms with Gasteiger partial charge in [-0.15, -0.1) is 0 Å². The zero-order chi connectivity index (χ0) is 22.5. The molecule has 3 aromatic heterocycles. The maximum atomic E-state index is 14.0. The van der Waals surface area contributed by atoms with Gasteiger partial charge >= 0.3 is 0 Å². The molecule has 2 aliphatic rings. The lowest BCUT2D eigenvalue weighted by Gasteiger charge is -2.02. The third-order valence-corrected chi connectivity index (χ3v) is 5.46. The first-order valence-corrected chi connectivity index (χ1v) is 10.2. The summed E-state index contributed by atoms with van der Waals surface area (Å²) < 4.78 is 41.5. The van der Waals surface area contributed by atoms with E-state index in [9.17, 15) is 13.2 Å². The average Bonchev–Trinajstić information content (AvgIpc) is 3.56. The molecule has 160 valence electrons. The van der Waals surface area contributed by atoms with Gasteiger partial charge in [-0.3, -0.25) is 0 Å². The lowest BCUT2D eigenvalue weighted by atomic mass is 10.1. The van der Waals surface area contributed by atoms with Crippen LogP contribution < -0.4 is 0 Å². The Labute approximate surface area is 185 Å². The molecule has 0 spiro atoms. The summed E-state index contributed by atoms with van der Waals surface area (Å²) >= 11 is 0. The highest BCUT2D eigenvalue weighted by molar-refractivity contribution is 5.87. The standard InChI is InChI=1S/C26H15F3N4/c27-23-7-14(8-24(28)26(23)29)22-12-21-11-19-4-3-17(31-19)9-15-1-2-16(30-15)10-18-5-6-20(32-18)13-25(22)33-21/h1-13,30,33H. The van der Waals surface area contributed by atoms with Gasteiger partial charge in [0, 0.05) is 27.6 Å². The maximum absolute atomic E-state index is 14.0. The van der Waals surface area contributed by atoms with Crippen molar-refractivity contribution in [2.75, 3.05) is 0 Å². The van der Waals surface area contributed by atoms with Gasteiger partial charge in [0.1, 0.15) is 0 Å². The molecule has 2 aliphatic heterocycles. The predicted octanol–water partition coefficient (Wildman–Crippen LogP) is 6.74. The van der Waals surface area contributed by atoms with E-state index >= 15 is 0 Å². The maximum Gasteiger partial charge on any atom is 0.194 e. The number of nitrogens with zero attached hydrogens (tertiary/aromatic N) is 2. The monoisotopic (exact) mass is 440 g/mol. The van der Waals surface area contributed by atoms with Gasteiger partial charge in [-0.25, -0.2) is 23.1 Å². The van der Waals surface area contributed by atoms with Gasteiger partial charge in [0.15, 0.2) is 17.5 Å². The van der Waals surface area contributed by atoms with E-state index in [1.54, 1.807) is 12.1 Å². The molecular formula is C26H15F3N4. The van der Waals surface area contributed by atoms with Crippen LogP contribution in [0.15, 0.2) is 54.6 Å². The van der Waals surface area contributed by atoms with Crippen LogP contribution in [0.1, 0.15) is 22.8 Å². The summed E-state index contributed by atoms with van der Waals surface area (Å²) in [6.07, 6.45) is 7.52. The van der Waals surface area contributed by atoms with Crippen molar-refractivity contribution in [1.82, 2.24) is 19.9 Å². The van der Waals surface area contributed by atoms with E-state index < -0.39 is 17.5 Å². The Morgan fingerprint density at radius 1 is 0.545 bits per heavy atom. The molecule has 0 saturated carbocycles. The van der Waals surface area contributed by atoms with Crippen molar-refractivity contribution in [3.05, 3.63) is 94.8 Å². The molecule has 7 heteroatoms. The van der Waals surface area contributed by atoms with Crippen LogP contribution in [-0.2, 0) is 0 Å². The summed E-state index contributed by atoms with van der Waals surface area (Å²) in [4.78, 5) is 15.8. The van der Waals surface area contributed by atoms with Crippen molar-refractivity contribution < 1.29 is 13.2 Å². The van der Waals surface area contributed by atoms with Crippen LogP contribution in [0.5, 0.6) is 0 Å². The van der Waals surface area contributed by atoms with E-state index in [2.05, 4.69) is 19.9 Å². The molecule has 0 saturated heterocycles. The van der Waals surface area contributed by atoms with Crippen LogP contribution in [0, 0.1) is 17.5 Å². The van der Waals surface area contributed by atoms with Crippen molar-refractivity contribution in [2.24, 2.45) is 0 Å². The van der Waals surface area contributed by atoms with Crippen molar-refractivity contribution in [1.29, 1.82) is 0 Å². The summed E-state index contributed by atoms with van der Waals surface area (Å²) in [5.74, 6) is -3.98.